The van der Waals surface area contributed by atoms with Gasteiger partial charge in [0.2, 0.25) is 11.7 Å². The van der Waals surface area contributed by atoms with Crippen LogP contribution in [-0.2, 0) is 20.2 Å². The summed E-state index contributed by atoms with van der Waals surface area (Å²) in [6.45, 7) is 4.25. The fraction of sp³-hybridized carbons (Fsp3) is 0.484. The number of piperidine rings is 1. The maximum absolute atomic E-state index is 13.8. The quantitative estimate of drug-likeness (QED) is 0.343. The normalized spacial score (nSPS) is 19.1. The molecule has 1 N–H and O–H groups in total. The fourth-order valence-corrected chi connectivity index (χ4v) is 6.67. The van der Waals surface area contributed by atoms with Crippen molar-refractivity contribution in [1.29, 1.82) is 0 Å². The summed E-state index contributed by atoms with van der Waals surface area (Å²) in [6, 6.07) is 3.96. The van der Waals surface area contributed by atoms with E-state index < -0.39 is 29.7 Å². The number of rotatable bonds is 9. The van der Waals surface area contributed by atoms with Crippen molar-refractivity contribution in [3.8, 4) is 0 Å². The molecule has 0 radical (unpaired) electrons. The summed E-state index contributed by atoms with van der Waals surface area (Å²) in [7, 11) is 0. The molecule has 11 nitrogen and oxygen atoms in total. The van der Waals surface area contributed by atoms with Crippen molar-refractivity contribution in [3.63, 3.8) is 0 Å². The topological polar surface area (TPSA) is 121 Å². The molecule has 1 atom stereocenters. The molecule has 5 heterocycles. The molecule has 0 aliphatic carbocycles. The SMILES string of the molecule is O=C(NCC(c1cnc(C(F)(F)C(=O)F)nc1)N1CCOCC1)c1c(Cl)ccc2nc(N3CCC(N4CCCC4=O)CC3)ccc12. The molecule has 6 rings (SSSR count). The number of fused-ring (bicyclic) bond motifs is 1. The fourth-order valence-electron chi connectivity index (χ4n) is 6.42. The lowest BCUT2D eigenvalue weighted by Gasteiger charge is -2.37. The average molecular weight is 660 g/mol. The Kier molecular flexibility index (Phi) is 9.39. The number of nitrogens with one attached hydrogen (secondary N) is 1. The Bertz CT molecular complexity index is 1620. The molecule has 3 aliphatic rings. The Balaban J connectivity index is 1.18. The number of pyridine rings is 1. The highest BCUT2D eigenvalue weighted by Gasteiger charge is 2.45. The van der Waals surface area contributed by atoms with Crippen molar-refractivity contribution in [2.45, 2.75) is 43.7 Å². The van der Waals surface area contributed by atoms with Gasteiger partial charge in [-0.3, -0.25) is 19.3 Å². The van der Waals surface area contributed by atoms with E-state index in [0.717, 1.165) is 57.1 Å². The van der Waals surface area contributed by atoms with Crippen LogP contribution >= 0.6 is 11.6 Å². The number of alkyl halides is 2. The minimum Gasteiger partial charge on any atom is -0.379 e. The first-order valence-corrected chi connectivity index (χ1v) is 15.6. The van der Waals surface area contributed by atoms with Crippen LogP contribution in [0.1, 0.15) is 53.5 Å². The van der Waals surface area contributed by atoms with Crippen LogP contribution in [0.25, 0.3) is 10.9 Å². The van der Waals surface area contributed by atoms with E-state index in [4.69, 9.17) is 21.3 Å². The second-order valence-electron chi connectivity index (χ2n) is 11.6. The lowest BCUT2D eigenvalue weighted by Crippen LogP contribution is -2.45. The summed E-state index contributed by atoms with van der Waals surface area (Å²) in [6.07, 6.45) is 5.50. The zero-order valence-electron chi connectivity index (χ0n) is 24.9. The van der Waals surface area contributed by atoms with Crippen molar-refractivity contribution in [1.82, 2.24) is 30.1 Å². The number of hydrogen-bond donors (Lipinski definition) is 1. The number of ether oxygens (including phenoxy) is 1. The second-order valence-corrected chi connectivity index (χ2v) is 12.0. The van der Waals surface area contributed by atoms with Gasteiger partial charge in [-0.2, -0.15) is 13.2 Å². The van der Waals surface area contributed by atoms with Gasteiger partial charge >= 0.3 is 12.0 Å². The van der Waals surface area contributed by atoms with Gasteiger partial charge in [0, 0.05) is 75.1 Å². The molecule has 0 spiro atoms. The van der Waals surface area contributed by atoms with E-state index in [2.05, 4.69) is 20.2 Å². The van der Waals surface area contributed by atoms with E-state index in [0.29, 0.717) is 49.2 Å². The lowest BCUT2D eigenvalue weighted by atomic mass is 10.0. The molecule has 3 fully saturated rings. The summed E-state index contributed by atoms with van der Waals surface area (Å²) in [5.74, 6) is -5.13. The van der Waals surface area contributed by atoms with Crippen molar-refractivity contribution in [2.75, 3.05) is 57.4 Å². The number of carbonyl (C=O) groups is 3. The van der Waals surface area contributed by atoms with Gasteiger partial charge in [-0.05, 0) is 43.5 Å². The molecule has 46 heavy (non-hydrogen) atoms. The first-order valence-electron chi connectivity index (χ1n) is 15.3. The minimum absolute atomic E-state index is 0.0483. The van der Waals surface area contributed by atoms with Crippen molar-refractivity contribution < 1.29 is 32.3 Å². The third kappa shape index (κ3) is 6.51. The molecule has 2 aromatic heterocycles. The van der Waals surface area contributed by atoms with Crippen LogP contribution in [-0.4, -0.2) is 101 Å². The van der Waals surface area contributed by atoms with Crippen LogP contribution in [0.2, 0.25) is 5.02 Å². The molecular weight excluding hydrogens is 627 g/mol. The number of benzene rings is 1. The van der Waals surface area contributed by atoms with E-state index in [1.807, 2.05) is 21.9 Å². The predicted molar refractivity (Wildman–Crippen MR) is 162 cm³/mol. The Morgan fingerprint density at radius 2 is 1.76 bits per heavy atom. The Morgan fingerprint density at radius 3 is 2.41 bits per heavy atom. The van der Waals surface area contributed by atoms with E-state index in [9.17, 15) is 27.6 Å². The number of carbonyl (C=O) groups excluding carboxylic acids is 3. The second kappa shape index (κ2) is 13.5. The molecule has 244 valence electrons. The molecular formula is C31H33ClF3N7O4. The third-order valence-corrected chi connectivity index (χ3v) is 9.21. The predicted octanol–water partition coefficient (Wildman–Crippen LogP) is 3.66. The van der Waals surface area contributed by atoms with E-state index in [1.165, 1.54) is 0 Å². The molecule has 1 aromatic carbocycles. The van der Waals surface area contributed by atoms with E-state index in [-0.39, 0.29) is 29.1 Å². The summed E-state index contributed by atoms with van der Waals surface area (Å²) in [5.41, 5.74) is 1.24. The van der Waals surface area contributed by atoms with Crippen LogP contribution in [0.3, 0.4) is 0 Å². The zero-order chi connectivity index (χ0) is 32.4. The maximum atomic E-state index is 13.8. The molecule has 2 amide bonds. The standard InChI is InChI=1S/C31H33ClF3N7O4/c32-22-4-5-23-21(3-6-25(39-23)41-10-7-20(8-11-41)42-9-1-2-26(42)43)27(22)28(44)36-18-24(40-12-14-46-15-13-40)19-16-37-30(38-17-19)31(34,35)29(33)45/h3-6,16-17,20,24H,1-2,7-15,18H2,(H,36,44). The Hall–Kier alpha value is -3.88. The smallest absolute Gasteiger partial charge is 0.379 e. The first kappa shape index (κ1) is 32.1. The van der Waals surface area contributed by atoms with Crippen LogP contribution in [0.5, 0.6) is 0 Å². The van der Waals surface area contributed by atoms with Gasteiger partial charge in [-0.15, -0.1) is 0 Å². The number of amides is 2. The average Bonchev–Trinajstić information content (AvgIpc) is 3.50. The van der Waals surface area contributed by atoms with Crippen LogP contribution in [0, 0.1) is 0 Å². The number of anilines is 1. The third-order valence-electron chi connectivity index (χ3n) is 8.90. The van der Waals surface area contributed by atoms with Gasteiger partial charge in [-0.25, -0.2) is 15.0 Å². The number of likely N-dealkylation sites (tertiary alicyclic amines) is 1. The van der Waals surface area contributed by atoms with Crippen molar-refractivity contribution in [3.05, 3.63) is 58.6 Å². The zero-order valence-corrected chi connectivity index (χ0v) is 25.7. The monoisotopic (exact) mass is 659 g/mol. The highest BCUT2D eigenvalue weighted by Crippen LogP contribution is 2.31. The minimum atomic E-state index is -4.45. The summed E-state index contributed by atoms with van der Waals surface area (Å²) < 4.78 is 45.9. The van der Waals surface area contributed by atoms with Gasteiger partial charge in [0.15, 0.2) is 0 Å². The number of nitrogens with zero attached hydrogens (tertiary/aromatic N) is 6. The summed E-state index contributed by atoms with van der Waals surface area (Å²) in [5, 5.41) is 3.72. The van der Waals surface area contributed by atoms with Gasteiger partial charge in [-0.1, -0.05) is 11.6 Å². The largest absolute Gasteiger partial charge is 0.394 e. The number of aromatic nitrogens is 3. The molecule has 3 saturated heterocycles. The Morgan fingerprint density at radius 1 is 1.04 bits per heavy atom. The highest BCUT2D eigenvalue weighted by molar-refractivity contribution is 6.35. The van der Waals surface area contributed by atoms with Crippen LogP contribution in [0.15, 0.2) is 36.7 Å². The molecule has 3 aromatic rings. The summed E-state index contributed by atoms with van der Waals surface area (Å²) in [4.78, 5) is 54.7. The number of morpholine rings is 1. The van der Waals surface area contributed by atoms with Crippen molar-refractivity contribution >= 4 is 46.2 Å². The number of halogens is 4. The van der Waals surface area contributed by atoms with Crippen molar-refractivity contribution in [2.24, 2.45) is 0 Å². The van der Waals surface area contributed by atoms with Crippen LogP contribution in [0.4, 0.5) is 19.0 Å². The summed E-state index contributed by atoms with van der Waals surface area (Å²) >= 11 is 6.54. The lowest BCUT2D eigenvalue weighted by molar-refractivity contribution is -0.158. The van der Waals surface area contributed by atoms with Gasteiger partial charge in [0.25, 0.3) is 5.91 Å². The maximum Gasteiger partial charge on any atom is 0.394 e. The Labute approximate surface area is 268 Å². The molecule has 1 unspecified atom stereocenters. The highest BCUT2D eigenvalue weighted by atomic mass is 35.5. The van der Waals surface area contributed by atoms with Gasteiger partial charge < -0.3 is 19.9 Å². The number of hydrogen-bond acceptors (Lipinski definition) is 9. The first-order chi connectivity index (χ1) is 22.1. The molecule has 0 saturated carbocycles. The van der Waals surface area contributed by atoms with Gasteiger partial charge in [0.1, 0.15) is 5.82 Å². The molecule has 0 bridgehead atoms. The van der Waals surface area contributed by atoms with Gasteiger partial charge in [0.05, 0.1) is 35.4 Å². The van der Waals surface area contributed by atoms with Crippen LogP contribution < -0.4 is 10.2 Å². The van der Waals surface area contributed by atoms with E-state index in [1.54, 1.807) is 12.1 Å². The van der Waals surface area contributed by atoms with E-state index >= 15 is 0 Å². The molecule has 3 aliphatic heterocycles. The molecule has 15 heteroatoms.